The molecule has 1 aliphatic heterocycles. The van der Waals surface area contributed by atoms with Crippen molar-refractivity contribution in [2.45, 2.75) is 32.1 Å². The van der Waals surface area contributed by atoms with E-state index in [0.717, 1.165) is 67.7 Å². The van der Waals surface area contributed by atoms with E-state index in [9.17, 15) is 0 Å². The van der Waals surface area contributed by atoms with Crippen molar-refractivity contribution in [3.05, 3.63) is 89.7 Å². The second kappa shape index (κ2) is 10.8. The van der Waals surface area contributed by atoms with Crippen molar-refractivity contribution < 1.29 is 9.47 Å². The van der Waals surface area contributed by atoms with Crippen LogP contribution in [0, 0.1) is 5.92 Å². The van der Waals surface area contributed by atoms with Crippen LogP contribution in [0.5, 0.6) is 11.5 Å². The summed E-state index contributed by atoms with van der Waals surface area (Å²) in [6.07, 6.45) is 5.18. The average molecular weight is 468 g/mol. The van der Waals surface area contributed by atoms with Crippen LogP contribution in [-0.2, 0) is 19.3 Å². The second-order valence-electron chi connectivity index (χ2n) is 9.29. The molecule has 0 N–H and O–H groups in total. The summed E-state index contributed by atoms with van der Waals surface area (Å²) >= 11 is 0. The number of hydrogen-bond acceptors (Lipinski definition) is 5. The third-order valence-corrected chi connectivity index (χ3v) is 6.99. The molecule has 0 aliphatic carbocycles. The molecule has 1 aliphatic rings. The fourth-order valence-electron chi connectivity index (χ4n) is 5.04. The van der Waals surface area contributed by atoms with Crippen LogP contribution in [-0.4, -0.2) is 37.3 Å². The lowest BCUT2D eigenvalue weighted by molar-refractivity contribution is 0.355. The van der Waals surface area contributed by atoms with Crippen molar-refractivity contribution in [2.75, 3.05) is 32.2 Å². The van der Waals surface area contributed by atoms with Gasteiger partial charge in [0.15, 0.2) is 11.5 Å². The minimum atomic E-state index is 0.695. The molecule has 0 atom stereocenters. The van der Waals surface area contributed by atoms with Crippen LogP contribution >= 0.6 is 0 Å². The lowest BCUT2D eigenvalue weighted by atomic mass is 9.90. The van der Waals surface area contributed by atoms with E-state index >= 15 is 0 Å². The zero-order valence-corrected chi connectivity index (χ0v) is 20.6. The van der Waals surface area contributed by atoms with Gasteiger partial charge in [-0.1, -0.05) is 60.7 Å². The molecule has 35 heavy (non-hydrogen) atoms. The van der Waals surface area contributed by atoms with Gasteiger partial charge < -0.3 is 14.4 Å². The van der Waals surface area contributed by atoms with E-state index in [1.165, 1.54) is 11.1 Å². The van der Waals surface area contributed by atoms with Gasteiger partial charge in [0.05, 0.1) is 19.7 Å². The predicted octanol–water partition coefficient (Wildman–Crippen LogP) is 5.89. The number of benzene rings is 3. The van der Waals surface area contributed by atoms with Crippen molar-refractivity contribution >= 4 is 16.7 Å². The molecule has 5 rings (SSSR count). The first-order valence-electron chi connectivity index (χ1n) is 12.5. The highest BCUT2D eigenvalue weighted by atomic mass is 16.5. The summed E-state index contributed by atoms with van der Waals surface area (Å²) in [5, 5.41) is 1.02. The summed E-state index contributed by atoms with van der Waals surface area (Å²) in [5.74, 6) is 3.99. The van der Waals surface area contributed by atoms with Gasteiger partial charge in [0.2, 0.25) is 0 Å². The maximum absolute atomic E-state index is 5.61. The summed E-state index contributed by atoms with van der Waals surface area (Å²) in [5.41, 5.74) is 3.63. The topological polar surface area (TPSA) is 47.5 Å². The first-order chi connectivity index (χ1) is 17.2. The summed E-state index contributed by atoms with van der Waals surface area (Å²) in [4.78, 5) is 12.5. The van der Waals surface area contributed by atoms with Crippen LogP contribution in [0.2, 0.25) is 0 Å². The van der Waals surface area contributed by atoms with Crippen LogP contribution in [0.3, 0.4) is 0 Å². The Hall–Kier alpha value is -3.60. The van der Waals surface area contributed by atoms with E-state index in [1.807, 2.05) is 12.1 Å². The number of rotatable bonds is 8. The van der Waals surface area contributed by atoms with Crippen LogP contribution in [0.1, 0.15) is 29.8 Å². The normalized spacial score (nSPS) is 14.3. The molecule has 2 heterocycles. The van der Waals surface area contributed by atoms with Crippen LogP contribution in [0.15, 0.2) is 72.8 Å². The standard InChI is InChI=1S/C30H33N3O2/c1-34-27-20-25-26(21-28(27)35-2)31-29(14-13-22-9-5-3-6-10-22)32-30(25)33-17-15-24(16-18-33)19-23-11-7-4-8-12-23/h3-12,20-21,24H,13-19H2,1-2H3. The van der Waals surface area contributed by atoms with Gasteiger partial charge in [-0.15, -0.1) is 0 Å². The van der Waals surface area contributed by atoms with Gasteiger partial charge in [-0.2, -0.15) is 0 Å². The van der Waals surface area contributed by atoms with Gasteiger partial charge in [-0.3, -0.25) is 0 Å². The minimum Gasteiger partial charge on any atom is -0.493 e. The molecule has 0 spiro atoms. The third kappa shape index (κ3) is 5.40. The van der Waals surface area contributed by atoms with Crippen molar-refractivity contribution in [3.63, 3.8) is 0 Å². The van der Waals surface area contributed by atoms with E-state index in [4.69, 9.17) is 19.4 Å². The Morgan fingerprint density at radius 2 is 1.40 bits per heavy atom. The molecule has 0 unspecified atom stereocenters. The van der Waals surface area contributed by atoms with E-state index in [-0.39, 0.29) is 0 Å². The van der Waals surface area contributed by atoms with E-state index in [0.29, 0.717) is 17.4 Å². The highest BCUT2D eigenvalue weighted by Gasteiger charge is 2.23. The number of methoxy groups -OCH3 is 2. The number of fused-ring (bicyclic) bond motifs is 1. The van der Waals surface area contributed by atoms with Crippen LogP contribution in [0.4, 0.5) is 5.82 Å². The fourth-order valence-corrected chi connectivity index (χ4v) is 5.04. The van der Waals surface area contributed by atoms with Crippen LogP contribution < -0.4 is 14.4 Å². The lowest BCUT2D eigenvalue weighted by Crippen LogP contribution is -2.35. The smallest absolute Gasteiger partial charge is 0.162 e. The molecule has 1 aromatic heterocycles. The van der Waals surface area contributed by atoms with Crippen molar-refractivity contribution in [1.29, 1.82) is 0 Å². The Bertz CT molecular complexity index is 1250. The first-order valence-corrected chi connectivity index (χ1v) is 12.5. The zero-order chi connectivity index (χ0) is 24.0. The van der Waals surface area contributed by atoms with Gasteiger partial charge >= 0.3 is 0 Å². The lowest BCUT2D eigenvalue weighted by Gasteiger charge is -2.33. The maximum Gasteiger partial charge on any atom is 0.162 e. The molecule has 4 aromatic rings. The minimum absolute atomic E-state index is 0.695. The summed E-state index contributed by atoms with van der Waals surface area (Å²) in [7, 11) is 3.34. The van der Waals surface area contributed by atoms with Crippen molar-refractivity contribution in [3.8, 4) is 11.5 Å². The Morgan fingerprint density at radius 3 is 2.06 bits per heavy atom. The molecule has 5 nitrogen and oxygen atoms in total. The second-order valence-corrected chi connectivity index (χ2v) is 9.29. The highest BCUT2D eigenvalue weighted by molar-refractivity contribution is 5.92. The Labute approximate surface area is 207 Å². The molecule has 5 heteroatoms. The third-order valence-electron chi connectivity index (χ3n) is 6.99. The van der Waals surface area contributed by atoms with Crippen molar-refractivity contribution in [1.82, 2.24) is 9.97 Å². The summed E-state index contributed by atoms with van der Waals surface area (Å²) in [6, 6.07) is 25.4. The molecule has 0 bridgehead atoms. The number of piperidine rings is 1. The molecule has 0 saturated carbocycles. The SMILES string of the molecule is COc1cc2nc(CCc3ccccc3)nc(N3CCC(Cc4ccccc4)CC3)c2cc1OC. The van der Waals surface area contributed by atoms with Gasteiger partial charge in [0, 0.05) is 31.0 Å². The molecule has 180 valence electrons. The largest absolute Gasteiger partial charge is 0.493 e. The molecule has 0 amide bonds. The number of nitrogens with zero attached hydrogens (tertiary/aromatic N) is 3. The van der Waals surface area contributed by atoms with Crippen LogP contribution in [0.25, 0.3) is 10.9 Å². The molecule has 1 saturated heterocycles. The summed E-state index contributed by atoms with van der Waals surface area (Å²) < 4.78 is 11.2. The Morgan fingerprint density at radius 1 is 0.771 bits per heavy atom. The van der Waals surface area contributed by atoms with E-state index < -0.39 is 0 Å². The van der Waals surface area contributed by atoms with Gasteiger partial charge in [0.25, 0.3) is 0 Å². The van der Waals surface area contributed by atoms with Crippen molar-refractivity contribution in [2.24, 2.45) is 5.92 Å². The van der Waals surface area contributed by atoms with E-state index in [1.54, 1.807) is 14.2 Å². The first kappa shape index (κ1) is 23.2. The maximum atomic E-state index is 5.61. The predicted molar refractivity (Wildman–Crippen MR) is 142 cm³/mol. The molecule has 0 radical (unpaired) electrons. The number of aryl methyl sites for hydroxylation is 2. The number of anilines is 1. The molecular weight excluding hydrogens is 434 g/mol. The van der Waals surface area contributed by atoms with Gasteiger partial charge in [-0.25, -0.2) is 9.97 Å². The quantitative estimate of drug-likeness (QED) is 0.323. The van der Waals surface area contributed by atoms with Gasteiger partial charge in [0.1, 0.15) is 11.6 Å². The molecule has 3 aromatic carbocycles. The number of hydrogen-bond donors (Lipinski definition) is 0. The zero-order valence-electron chi connectivity index (χ0n) is 20.6. The fraction of sp³-hybridized carbons (Fsp3) is 0.333. The van der Waals surface area contributed by atoms with E-state index in [2.05, 4.69) is 65.6 Å². The Balaban J connectivity index is 1.42. The number of ether oxygens (including phenoxy) is 2. The molecule has 1 fully saturated rings. The van der Waals surface area contributed by atoms with Gasteiger partial charge in [-0.05, 0) is 48.8 Å². The average Bonchev–Trinajstić information content (AvgIpc) is 2.92. The monoisotopic (exact) mass is 467 g/mol. The number of aromatic nitrogens is 2. The Kier molecular flexibility index (Phi) is 7.12. The summed E-state index contributed by atoms with van der Waals surface area (Å²) in [6.45, 7) is 1.99. The molecular formula is C30H33N3O2. The highest BCUT2D eigenvalue weighted by Crippen LogP contribution is 2.36.